The third kappa shape index (κ3) is 3.30. The number of aromatic nitrogens is 1. The number of rotatable bonds is 4. The zero-order valence-electron chi connectivity index (χ0n) is 15.5. The van der Waals surface area contributed by atoms with Crippen LogP contribution in [0, 0.1) is 0 Å². The molecule has 4 nitrogen and oxygen atoms in total. The van der Waals surface area contributed by atoms with Crippen LogP contribution in [-0.4, -0.2) is 30.2 Å². The van der Waals surface area contributed by atoms with Gasteiger partial charge in [0.15, 0.2) is 5.69 Å². The van der Waals surface area contributed by atoms with Crippen LogP contribution in [0.2, 0.25) is 5.02 Å². The molecule has 2 heterocycles. The Hall–Kier alpha value is -2.46. The Morgan fingerprint density at radius 1 is 1.07 bits per heavy atom. The average Bonchev–Trinajstić information content (AvgIpc) is 3.04. The second-order valence-electron chi connectivity index (χ2n) is 6.80. The van der Waals surface area contributed by atoms with Gasteiger partial charge in [0.1, 0.15) is 0 Å². The zero-order valence-corrected chi connectivity index (χ0v) is 16.2. The lowest BCUT2D eigenvalue weighted by atomic mass is 10.1. The molecular weight excluding hydrogens is 360 g/mol. The molecule has 0 atom stereocenters. The molecule has 3 aromatic rings. The van der Waals surface area contributed by atoms with Gasteiger partial charge in [0.05, 0.1) is 17.8 Å². The van der Waals surface area contributed by atoms with E-state index in [9.17, 15) is 4.79 Å². The van der Waals surface area contributed by atoms with E-state index in [0.29, 0.717) is 17.3 Å². The van der Waals surface area contributed by atoms with Crippen molar-refractivity contribution in [3.63, 3.8) is 0 Å². The van der Waals surface area contributed by atoms with Gasteiger partial charge in [-0.2, -0.15) is 0 Å². The van der Waals surface area contributed by atoms with Crippen LogP contribution in [0.1, 0.15) is 36.7 Å². The Balaban J connectivity index is 2.04. The third-order valence-electron chi connectivity index (χ3n) is 5.06. The summed E-state index contributed by atoms with van der Waals surface area (Å²) >= 11 is 6.32. The molecule has 1 aliphatic rings. The summed E-state index contributed by atoms with van der Waals surface area (Å²) in [7, 11) is 0. The number of fused-ring (bicyclic) bond motifs is 1. The van der Waals surface area contributed by atoms with Crippen molar-refractivity contribution in [1.29, 1.82) is 0 Å². The molecule has 1 fully saturated rings. The van der Waals surface area contributed by atoms with Crippen molar-refractivity contribution in [3.05, 3.63) is 59.2 Å². The highest BCUT2D eigenvalue weighted by Crippen LogP contribution is 2.39. The van der Waals surface area contributed by atoms with Crippen LogP contribution in [0.5, 0.6) is 0 Å². The second kappa shape index (κ2) is 7.65. The van der Waals surface area contributed by atoms with E-state index >= 15 is 0 Å². The van der Waals surface area contributed by atoms with E-state index in [-0.39, 0.29) is 5.97 Å². The largest absolute Gasteiger partial charge is 0.461 e. The van der Waals surface area contributed by atoms with E-state index in [1.54, 1.807) is 0 Å². The summed E-state index contributed by atoms with van der Waals surface area (Å²) in [6.07, 6.45) is 3.50. The minimum Gasteiger partial charge on any atom is -0.461 e. The van der Waals surface area contributed by atoms with Crippen LogP contribution in [0.15, 0.2) is 48.5 Å². The molecule has 0 radical (unpaired) electrons. The van der Waals surface area contributed by atoms with Gasteiger partial charge in [0, 0.05) is 29.2 Å². The summed E-state index contributed by atoms with van der Waals surface area (Å²) in [6.45, 7) is 4.08. The van der Waals surface area contributed by atoms with E-state index in [2.05, 4.69) is 4.90 Å². The maximum absolute atomic E-state index is 13.1. The third-order valence-corrected chi connectivity index (χ3v) is 5.29. The van der Waals surface area contributed by atoms with Crippen LogP contribution in [0.25, 0.3) is 16.6 Å². The lowest BCUT2D eigenvalue weighted by Crippen LogP contribution is -2.31. The Labute approximate surface area is 164 Å². The Kier molecular flexibility index (Phi) is 5.08. The summed E-state index contributed by atoms with van der Waals surface area (Å²) in [6, 6.07) is 15.8. The number of esters is 1. The van der Waals surface area contributed by atoms with Gasteiger partial charge in [-0.3, -0.25) is 0 Å². The molecular formula is C22H23ClN2O2. The molecule has 0 bridgehead atoms. The number of carbonyl (C=O) groups excluding carboxylic acids is 1. The number of hydrogen-bond acceptors (Lipinski definition) is 3. The molecule has 140 valence electrons. The molecule has 1 saturated heterocycles. The number of nitrogens with zero attached hydrogens (tertiary/aromatic N) is 2. The molecule has 1 aromatic heterocycles. The van der Waals surface area contributed by atoms with Gasteiger partial charge in [-0.1, -0.05) is 29.8 Å². The van der Waals surface area contributed by atoms with Crippen molar-refractivity contribution in [2.45, 2.75) is 26.2 Å². The number of hydrogen-bond donors (Lipinski definition) is 0. The molecule has 27 heavy (non-hydrogen) atoms. The molecule has 0 amide bonds. The van der Waals surface area contributed by atoms with Crippen molar-refractivity contribution >= 4 is 34.2 Å². The van der Waals surface area contributed by atoms with Gasteiger partial charge in [-0.15, -0.1) is 0 Å². The molecule has 1 aliphatic heterocycles. The minimum atomic E-state index is -0.297. The van der Waals surface area contributed by atoms with Crippen LogP contribution >= 0.6 is 11.6 Å². The van der Waals surface area contributed by atoms with Crippen LogP contribution in [-0.2, 0) is 4.74 Å². The highest BCUT2D eigenvalue weighted by molar-refractivity contribution is 6.31. The van der Waals surface area contributed by atoms with E-state index < -0.39 is 0 Å². The predicted octanol–water partition coefficient (Wildman–Crippen LogP) is 5.45. The van der Waals surface area contributed by atoms with E-state index in [0.717, 1.165) is 48.2 Å². The van der Waals surface area contributed by atoms with Gasteiger partial charge < -0.3 is 14.2 Å². The number of carbonyl (C=O) groups is 1. The lowest BCUT2D eigenvalue weighted by molar-refractivity contribution is 0.0518. The molecule has 4 rings (SSSR count). The van der Waals surface area contributed by atoms with Gasteiger partial charge >= 0.3 is 5.97 Å². The lowest BCUT2D eigenvalue weighted by Gasteiger charge is -2.29. The number of piperidine rings is 1. The monoisotopic (exact) mass is 382 g/mol. The number of halogens is 1. The zero-order chi connectivity index (χ0) is 18.8. The number of ether oxygens (including phenoxy) is 1. The number of benzene rings is 2. The van der Waals surface area contributed by atoms with E-state index in [1.165, 1.54) is 6.42 Å². The summed E-state index contributed by atoms with van der Waals surface area (Å²) in [4.78, 5) is 15.4. The molecule has 2 aromatic carbocycles. The topological polar surface area (TPSA) is 34.5 Å². The summed E-state index contributed by atoms with van der Waals surface area (Å²) in [5.74, 6) is -0.297. The smallest absolute Gasteiger partial charge is 0.357 e. The molecule has 0 unspecified atom stereocenters. The Bertz CT molecular complexity index is 959. The van der Waals surface area contributed by atoms with E-state index in [1.807, 2.05) is 60.0 Å². The quantitative estimate of drug-likeness (QED) is 0.562. The first-order chi connectivity index (χ1) is 13.2. The fraction of sp³-hybridized carbons (Fsp3) is 0.318. The SMILES string of the molecule is CCOC(=O)c1c(N2CCCCC2)c2ccc(Cl)cc2n1-c1ccccc1. The summed E-state index contributed by atoms with van der Waals surface area (Å²) < 4.78 is 7.45. The van der Waals surface area contributed by atoms with Gasteiger partial charge in [-0.05, 0) is 56.5 Å². The van der Waals surface area contributed by atoms with Gasteiger partial charge in [0.25, 0.3) is 0 Å². The first-order valence-corrected chi connectivity index (χ1v) is 9.90. The maximum atomic E-state index is 13.1. The summed E-state index contributed by atoms with van der Waals surface area (Å²) in [5, 5.41) is 1.69. The van der Waals surface area contributed by atoms with Crippen molar-refractivity contribution in [3.8, 4) is 5.69 Å². The molecule has 0 spiro atoms. The Morgan fingerprint density at radius 3 is 2.52 bits per heavy atom. The van der Waals surface area contributed by atoms with E-state index in [4.69, 9.17) is 16.3 Å². The predicted molar refractivity (Wildman–Crippen MR) is 110 cm³/mol. The fourth-order valence-electron chi connectivity index (χ4n) is 3.91. The number of anilines is 1. The standard InChI is InChI=1S/C22H23ClN2O2/c1-2-27-22(26)21-20(24-13-7-4-8-14-24)18-12-11-16(23)15-19(18)25(21)17-9-5-3-6-10-17/h3,5-6,9-12,15H,2,4,7-8,13-14H2,1H3. The highest BCUT2D eigenvalue weighted by Gasteiger charge is 2.29. The van der Waals surface area contributed by atoms with Crippen molar-refractivity contribution < 1.29 is 9.53 Å². The highest BCUT2D eigenvalue weighted by atomic mass is 35.5. The molecule has 0 N–H and O–H groups in total. The molecule has 0 saturated carbocycles. The van der Waals surface area contributed by atoms with Crippen molar-refractivity contribution in [1.82, 2.24) is 4.57 Å². The Morgan fingerprint density at radius 2 is 1.81 bits per heavy atom. The van der Waals surface area contributed by atoms with Crippen molar-refractivity contribution in [2.24, 2.45) is 0 Å². The fourth-order valence-corrected chi connectivity index (χ4v) is 4.08. The van der Waals surface area contributed by atoms with Crippen molar-refractivity contribution in [2.75, 3.05) is 24.6 Å². The minimum absolute atomic E-state index is 0.297. The number of para-hydroxylation sites is 1. The maximum Gasteiger partial charge on any atom is 0.357 e. The first kappa shape index (κ1) is 17.9. The van der Waals surface area contributed by atoms with Gasteiger partial charge in [0.2, 0.25) is 0 Å². The van der Waals surface area contributed by atoms with Gasteiger partial charge in [-0.25, -0.2) is 4.79 Å². The normalized spacial score (nSPS) is 14.5. The molecule has 0 aliphatic carbocycles. The summed E-state index contributed by atoms with van der Waals surface area (Å²) in [5.41, 5.74) is 3.40. The molecule has 5 heteroatoms. The average molecular weight is 383 g/mol. The van der Waals surface area contributed by atoms with Crippen LogP contribution in [0.3, 0.4) is 0 Å². The van der Waals surface area contributed by atoms with Crippen LogP contribution in [0.4, 0.5) is 5.69 Å². The second-order valence-corrected chi connectivity index (χ2v) is 7.23. The first-order valence-electron chi connectivity index (χ1n) is 9.52. The van der Waals surface area contributed by atoms with Crippen LogP contribution < -0.4 is 4.90 Å².